The number of halogens is 1. The van der Waals surface area contributed by atoms with E-state index in [1.165, 1.54) is 23.4 Å². The highest BCUT2D eigenvalue weighted by atomic mass is 19.1. The van der Waals surface area contributed by atoms with Crippen molar-refractivity contribution < 1.29 is 14.0 Å². The van der Waals surface area contributed by atoms with E-state index in [0.717, 1.165) is 56.4 Å². The quantitative estimate of drug-likeness (QED) is 0.691. The fraction of sp³-hybridized carbons (Fsp3) is 0.458. The Labute approximate surface area is 176 Å². The number of aliphatic hydroxyl groups is 1. The van der Waals surface area contributed by atoms with Crippen molar-refractivity contribution >= 4 is 16.7 Å². The number of hydrogen-bond donors (Lipinski definition) is 1. The van der Waals surface area contributed by atoms with E-state index < -0.39 is 0 Å². The molecule has 1 unspecified atom stereocenters. The number of anilines is 1. The summed E-state index contributed by atoms with van der Waals surface area (Å²) in [5.41, 5.74) is 4.12. The minimum atomic E-state index is -0.372. The van der Waals surface area contributed by atoms with Crippen LogP contribution in [-0.4, -0.2) is 54.0 Å². The lowest BCUT2D eigenvalue weighted by atomic mass is 9.91. The average Bonchev–Trinajstić information content (AvgIpc) is 3.17. The topological polar surface area (TPSA) is 52.7 Å². The number of likely N-dealkylation sites (tertiary alicyclic amines) is 1. The molecule has 5 nitrogen and oxygen atoms in total. The maximum absolute atomic E-state index is 13.4. The standard InChI is InChI=1S/C24H28FN3O2/c25-19-7-8-21-23(14-19)30-26-24(21)18-9-12-27(13-10-18)15-20(29)16-28-11-3-5-17-4-1-2-6-22(17)28/h1-2,4,6-8,14,18,20,29H,3,5,9-13,15-16H2. The van der Waals surface area contributed by atoms with Gasteiger partial charge in [0.15, 0.2) is 5.58 Å². The summed E-state index contributed by atoms with van der Waals surface area (Å²) in [5, 5.41) is 15.9. The van der Waals surface area contributed by atoms with E-state index in [9.17, 15) is 9.50 Å². The monoisotopic (exact) mass is 409 g/mol. The van der Waals surface area contributed by atoms with E-state index in [4.69, 9.17) is 4.52 Å². The number of β-amino-alcohol motifs (C(OH)–C–C–N with tert-alkyl or cyclic N) is 1. The Kier molecular flexibility index (Phi) is 5.44. The molecule has 0 aliphatic carbocycles. The Hall–Kier alpha value is -2.44. The van der Waals surface area contributed by atoms with Crippen LogP contribution in [0.25, 0.3) is 11.0 Å². The van der Waals surface area contributed by atoms with Gasteiger partial charge in [-0.1, -0.05) is 23.4 Å². The van der Waals surface area contributed by atoms with Crippen LogP contribution in [0.5, 0.6) is 0 Å². The van der Waals surface area contributed by atoms with Crippen molar-refractivity contribution in [3.63, 3.8) is 0 Å². The molecule has 0 bridgehead atoms. The van der Waals surface area contributed by atoms with E-state index in [0.29, 0.717) is 24.6 Å². The zero-order chi connectivity index (χ0) is 20.5. The van der Waals surface area contributed by atoms with Gasteiger partial charge in [-0.25, -0.2) is 4.39 Å². The maximum Gasteiger partial charge on any atom is 0.170 e. The van der Waals surface area contributed by atoms with Gasteiger partial charge in [0.2, 0.25) is 0 Å². The van der Waals surface area contributed by atoms with Gasteiger partial charge in [0.25, 0.3) is 0 Å². The predicted octanol–water partition coefficient (Wildman–Crippen LogP) is 3.96. The third kappa shape index (κ3) is 3.94. The smallest absolute Gasteiger partial charge is 0.170 e. The van der Waals surface area contributed by atoms with Crippen LogP contribution < -0.4 is 4.90 Å². The molecular formula is C24H28FN3O2. The van der Waals surface area contributed by atoms with Gasteiger partial charge in [-0.05, 0) is 62.5 Å². The van der Waals surface area contributed by atoms with Crippen LogP contribution in [-0.2, 0) is 6.42 Å². The number of benzene rings is 2. The molecule has 1 saturated heterocycles. The van der Waals surface area contributed by atoms with Crippen LogP contribution in [0.3, 0.4) is 0 Å². The second-order valence-corrected chi connectivity index (χ2v) is 8.62. The molecule has 1 N–H and O–H groups in total. The van der Waals surface area contributed by atoms with E-state index in [1.807, 2.05) is 0 Å². The summed E-state index contributed by atoms with van der Waals surface area (Å²) in [5.74, 6) is 0.0180. The Bertz CT molecular complexity index is 1010. The molecular weight excluding hydrogens is 381 g/mol. The molecule has 1 atom stereocenters. The zero-order valence-electron chi connectivity index (χ0n) is 17.1. The van der Waals surface area contributed by atoms with E-state index in [2.05, 4.69) is 39.2 Å². The first kappa shape index (κ1) is 19.5. The van der Waals surface area contributed by atoms with Gasteiger partial charge in [0.1, 0.15) is 5.82 Å². The fourth-order valence-corrected chi connectivity index (χ4v) is 5.03. The van der Waals surface area contributed by atoms with Gasteiger partial charge >= 0.3 is 0 Å². The highest BCUT2D eigenvalue weighted by Crippen LogP contribution is 2.33. The molecule has 158 valence electrons. The fourth-order valence-electron chi connectivity index (χ4n) is 5.03. The number of aromatic nitrogens is 1. The van der Waals surface area contributed by atoms with Crippen LogP contribution >= 0.6 is 0 Å². The lowest BCUT2D eigenvalue weighted by Crippen LogP contribution is -2.44. The molecule has 30 heavy (non-hydrogen) atoms. The van der Waals surface area contributed by atoms with E-state index in [-0.39, 0.29) is 11.9 Å². The van der Waals surface area contributed by atoms with Crippen molar-refractivity contribution in [3.05, 3.63) is 59.5 Å². The number of aliphatic hydroxyl groups excluding tert-OH is 1. The molecule has 3 aromatic rings. The molecule has 2 aliphatic rings. The third-order valence-corrected chi connectivity index (χ3v) is 6.54. The predicted molar refractivity (Wildman–Crippen MR) is 115 cm³/mol. The number of nitrogens with zero attached hydrogens (tertiary/aromatic N) is 3. The van der Waals surface area contributed by atoms with Crippen molar-refractivity contribution in [1.82, 2.24) is 10.1 Å². The van der Waals surface area contributed by atoms with Gasteiger partial charge in [0.05, 0.1) is 11.8 Å². The zero-order valence-corrected chi connectivity index (χ0v) is 17.1. The first-order chi connectivity index (χ1) is 14.7. The highest BCUT2D eigenvalue weighted by molar-refractivity contribution is 5.79. The number of aryl methyl sites for hydroxylation is 1. The number of fused-ring (bicyclic) bond motifs is 2. The van der Waals surface area contributed by atoms with Gasteiger partial charge in [0, 0.05) is 42.7 Å². The van der Waals surface area contributed by atoms with E-state index >= 15 is 0 Å². The molecule has 2 aliphatic heterocycles. The molecule has 5 rings (SSSR count). The van der Waals surface area contributed by atoms with Gasteiger partial charge < -0.3 is 19.4 Å². The molecule has 1 fully saturated rings. The summed E-state index contributed by atoms with van der Waals surface area (Å²) in [6, 6.07) is 13.2. The highest BCUT2D eigenvalue weighted by Gasteiger charge is 2.27. The molecule has 0 radical (unpaired) electrons. The normalized spacial score (nSPS) is 19.2. The molecule has 3 heterocycles. The Morgan fingerprint density at radius 2 is 1.93 bits per heavy atom. The van der Waals surface area contributed by atoms with Crippen LogP contribution in [0, 0.1) is 5.82 Å². The summed E-state index contributed by atoms with van der Waals surface area (Å²) >= 11 is 0. The first-order valence-electron chi connectivity index (χ1n) is 11.0. The van der Waals surface area contributed by atoms with Gasteiger partial charge in [-0.3, -0.25) is 0 Å². The van der Waals surface area contributed by atoms with Crippen LogP contribution in [0.1, 0.15) is 36.4 Å². The largest absolute Gasteiger partial charge is 0.390 e. The number of para-hydroxylation sites is 1. The molecule has 1 aromatic heterocycles. The summed E-state index contributed by atoms with van der Waals surface area (Å²) in [6.45, 7) is 4.23. The minimum absolute atomic E-state index is 0.301. The molecule has 0 amide bonds. The second-order valence-electron chi connectivity index (χ2n) is 8.62. The lowest BCUT2D eigenvalue weighted by Gasteiger charge is -2.36. The molecule has 0 saturated carbocycles. The summed E-state index contributed by atoms with van der Waals surface area (Å²) in [7, 11) is 0. The number of piperidine rings is 1. The van der Waals surface area contributed by atoms with Crippen LogP contribution in [0.15, 0.2) is 47.0 Å². The van der Waals surface area contributed by atoms with E-state index in [1.54, 1.807) is 6.07 Å². The van der Waals surface area contributed by atoms with Crippen molar-refractivity contribution in [2.24, 2.45) is 0 Å². The molecule has 0 spiro atoms. The Balaban J connectivity index is 1.16. The van der Waals surface area contributed by atoms with Crippen molar-refractivity contribution in [1.29, 1.82) is 0 Å². The third-order valence-electron chi connectivity index (χ3n) is 6.54. The maximum atomic E-state index is 13.4. The average molecular weight is 410 g/mol. The van der Waals surface area contributed by atoms with Crippen LogP contribution in [0.2, 0.25) is 0 Å². The second kappa shape index (κ2) is 8.36. The number of rotatable bonds is 5. The number of hydrogen-bond acceptors (Lipinski definition) is 5. The SMILES string of the molecule is OC(CN1CCC(c2noc3cc(F)ccc23)CC1)CN1CCCc2ccccc21. The summed E-state index contributed by atoms with van der Waals surface area (Å²) in [6.07, 6.45) is 3.84. The van der Waals surface area contributed by atoms with Crippen molar-refractivity contribution in [2.45, 2.75) is 37.7 Å². The minimum Gasteiger partial charge on any atom is -0.390 e. The Morgan fingerprint density at radius 1 is 1.10 bits per heavy atom. The lowest BCUT2D eigenvalue weighted by molar-refractivity contribution is 0.100. The summed E-state index contributed by atoms with van der Waals surface area (Å²) < 4.78 is 18.7. The van der Waals surface area contributed by atoms with Crippen molar-refractivity contribution in [2.75, 3.05) is 37.6 Å². The molecule has 2 aromatic carbocycles. The van der Waals surface area contributed by atoms with Crippen LogP contribution in [0.4, 0.5) is 10.1 Å². The van der Waals surface area contributed by atoms with Gasteiger partial charge in [-0.15, -0.1) is 0 Å². The molecule has 6 heteroatoms. The Morgan fingerprint density at radius 3 is 2.80 bits per heavy atom. The summed E-state index contributed by atoms with van der Waals surface area (Å²) in [4.78, 5) is 4.68. The van der Waals surface area contributed by atoms with Crippen molar-refractivity contribution in [3.8, 4) is 0 Å². The van der Waals surface area contributed by atoms with Gasteiger partial charge in [-0.2, -0.15) is 0 Å². The first-order valence-corrected chi connectivity index (χ1v) is 11.0.